The summed E-state index contributed by atoms with van der Waals surface area (Å²) in [5.74, 6) is 0.829. The maximum absolute atomic E-state index is 13.5. The molecule has 2 N–H and O–H groups in total. The highest BCUT2D eigenvalue weighted by Crippen LogP contribution is 2.28. The van der Waals surface area contributed by atoms with Crippen LogP contribution in [0.3, 0.4) is 0 Å². The van der Waals surface area contributed by atoms with E-state index in [-0.39, 0.29) is 11.6 Å². The van der Waals surface area contributed by atoms with Crippen molar-refractivity contribution >= 4 is 28.7 Å². The number of halogens is 1. The van der Waals surface area contributed by atoms with Crippen molar-refractivity contribution in [2.45, 2.75) is 6.54 Å². The minimum Gasteiger partial charge on any atom is -0.290 e. The minimum atomic E-state index is -0.440. The Morgan fingerprint density at radius 3 is 2.74 bits per heavy atom. The van der Waals surface area contributed by atoms with Crippen LogP contribution in [0, 0.1) is 5.82 Å². The summed E-state index contributed by atoms with van der Waals surface area (Å²) in [4.78, 5) is 34.5. The van der Waals surface area contributed by atoms with Crippen LogP contribution >= 0.6 is 0 Å². The number of urea groups is 1. The van der Waals surface area contributed by atoms with Gasteiger partial charge < -0.3 is 0 Å². The molecule has 6 rings (SSSR count). The molecule has 0 aliphatic carbocycles. The van der Waals surface area contributed by atoms with Crippen molar-refractivity contribution in [1.29, 1.82) is 0 Å². The quantitative estimate of drug-likeness (QED) is 0.426. The zero-order chi connectivity index (χ0) is 23.1. The number of fused-ring (bicyclic) bond motifs is 2. The van der Waals surface area contributed by atoms with E-state index in [0.29, 0.717) is 40.5 Å². The molecule has 0 unspecified atom stereocenters. The molecule has 0 atom stereocenters. The Morgan fingerprint density at radius 2 is 1.94 bits per heavy atom. The summed E-state index contributed by atoms with van der Waals surface area (Å²) in [5.41, 5.74) is 5.46. The van der Waals surface area contributed by atoms with Gasteiger partial charge in [0.05, 0.1) is 23.8 Å². The van der Waals surface area contributed by atoms with Crippen LogP contribution in [0.2, 0.25) is 0 Å². The fourth-order valence-corrected chi connectivity index (χ4v) is 3.60. The Bertz CT molecular complexity index is 1500. The molecule has 2 amide bonds. The first-order valence-electron chi connectivity index (χ1n) is 10.2. The number of pyridine rings is 1. The predicted octanol–water partition coefficient (Wildman–Crippen LogP) is 3.18. The third kappa shape index (κ3) is 3.43. The Labute approximate surface area is 191 Å². The van der Waals surface area contributed by atoms with E-state index in [9.17, 15) is 9.18 Å². The van der Waals surface area contributed by atoms with Gasteiger partial charge in [0.15, 0.2) is 17.3 Å². The molecule has 166 valence electrons. The molecule has 0 radical (unpaired) electrons. The van der Waals surface area contributed by atoms with E-state index < -0.39 is 6.03 Å². The molecule has 11 nitrogen and oxygen atoms in total. The van der Waals surface area contributed by atoms with E-state index in [1.165, 1.54) is 23.5 Å². The molecule has 1 aliphatic heterocycles. The summed E-state index contributed by atoms with van der Waals surface area (Å²) < 4.78 is 15.0. The Morgan fingerprint density at radius 1 is 1.06 bits per heavy atom. The van der Waals surface area contributed by atoms with Crippen molar-refractivity contribution in [1.82, 2.24) is 39.7 Å². The van der Waals surface area contributed by atoms with Crippen molar-refractivity contribution in [3.8, 4) is 17.1 Å². The van der Waals surface area contributed by atoms with Crippen LogP contribution in [0.25, 0.3) is 28.1 Å². The number of hydrazine groups is 1. The third-order valence-corrected chi connectivity index (χ3v) is 5.25. The second-order valence-electron chi connectivity index (χ2n) is 7.43. The van der Waals surface area contributed by atoms with Gasteiger partial charge in [0, 0.05) is 29.7 Å². The molecule has 34 heavy (non-hydrogen) atoms. The van der Waals surface area contributed by atoms with Crippen LogP contribution in [0.4, 0.5) is 20.8 Å². The van der Waals surface area contributed by atoms with Crippen molar-refractivity contribution in [3.63, 3.8) is 0 Å². The fraction of sp³-hybridized carbons (Fsp3) is 0.0455. The Kier molecular flexibility index (Phi) is 4.54. The SMILES string of the molecule is O=C(Nc1nc(-c2cccnc2)nc2c1cnn2-c1ccc(F)cc1)N1Cc2cncnc2N1. The van der Waals surface area contributed by atoms with E-state index in [1.807, 2.05) is 6.07 Å². The maximum Gasteiger partial charge on any atom is 0.342 e. The standard InChI is InChI=1S/C22H15FN10O/c23-15-3-5-16(6-4-15)33-21-17(10-27-33)20(28-19(29-21)13-2-1-7-24-8-13)30-22(34)32-11-14-9-25-12-26-18(14)31-32/h1-10,12H,11H2,(H,25,26,31)(H,28,29,30,34). The summed E-state index contributed by atoms with van der Waals surface area (Å²) >= 11 is 0. The molecule has 5 heterocycles. The second kappa shape index (κ2) is 7.85. The molecule has 0 fully saturated rings. The molecule has 1 aliphatic rings. The molecular formula is C22H15FN10O. The lowest BCUT2D eigenvalue weighted by Crippen LogP contribution is -2.35. The first-order chi connectivity index (χ1) is 16.7. The summed E-state index contributed by atoms with van der Waals surface area (Å²) in [6, 6.07) is 9.02. The van der Waals surface area contributed by atoms with Gasteiger partial charge in [-0.15, -0.1) is 0 Å². The van der Waals surface area contributed by atoms with Gasteiger partial charge in [-0.3, -0.25) is 15.7 Å². The van der Waals surface area contributed by atoms with Crippen molar-refractivity contribution in [2.75, 3.05) is 10.7 Å². The average Bonchev–Trinajstić information content (AvgIpc) is 3.50. The van der Waals surface area contributed by atoms with Crippen molar-refractivity contribution in [3.05, 3.63) is 78.9 Å². The van der Waals surface area contributed by atoms with Crippen LogP contribution < -0.4 is 10.7 Å². The van der Waals surface area contributed by atoms with Crippen LogP contribution in [0.15, 0.2) is 67.5 Å². The van der Waals surface area contributed by atoms with Gasteiger partial charge in [-0.2, -0.15) is 5.10 Å². The zero-order valence-corrected chi connectivity index (χ0v) is 17.4. The molecule has 0 bridgehead atoms. The highest BCUT2D eigenvalue weighted by Gasteiger charge is 2.26. The largest absolute Gasteiger partial charge is 0.342 e. The summed E-state index contributed by atoms with van der Waals surface area (Å²) in [7, 11) is 0. The summed E-state index contributed by atoms with van der Waals surface area (Å²) in [6.07, 6.45) is 7.89. The number of benzene rings is 1. The number of rotatable bonds is 3. The third-order valence-electron chi connectivity index (χ3n) is 5.25. The zero-order valence-electron chi connectivity index (χ0n) is 17.4. The lowest BCUT2D eigenvalue weighted by molar-refractivity contribution is 0.223. The lowest BCUT2D eigenvalue weighted by atomic mass is 10.2. The van der Waals surface area contributed by atoms with Gasteiger partial charge in [-0.1, -0.05) is 0 Å². The predicted molar refractivity (Wildman–Crippen MR) is 120 cm³/mol. The fourth-order valence-electron chi connectivity index (χ4n) is 3.60. The van der Waals surface area contributed by atoms with Gasteiger partial charge in [0.1, 0.15) is 18.0 Å². The monoisotopic (exact) mass is 454 g/mol. The summed E-state index contributed by atoms with van der Waals surface area (Å²) in [6.45, 7) is 0.292. The minimum absolute atomic E-state index is 0.269. The van der Waals surface area contributed by atoms with E-state index in [0.717, 1.165) is 5.56 Å². The first-order valence-corrected chi connectivity index (χ1v) is 10.2. The van der Waals surface area contributed by atoms with E-state index in [1.54, 1.807) is 47.7 Å². The van der Waals surface area contributed by atoms with Gasteiger partial charge >= 0.3 is 6.03 Å². The number of aromatic nitrogens is 7. The summed E-state index contributed by atoms with van der Waals surface area (Å²) in [5, 5.41) is 9.13. The number of hydrogen-bond acceptors (Lipinski definition) is 8. The Hall–Kier alpha value is -5.00. The second-order valence-corrected chi connectivity index (χ2v) is 7.43. The molecule has 12 heteroatoms. The number of anilines is 2. The van der Waals surface area contributed by atoms with Gasteiger partial charge in [0.2, 0.25) is 0 Å². The molecule has 0 saturated carbocycles. The number of amides is 2. The first kappa shape index (κ1) is 19.7. The molecule has 0 spiro atoms. The highest BCUT2D eigenvalue weighted by atomic mass is 19.1. The number of carbonyl (C=O) groups excluding carboxylic acids is 1. The lowest BCUT2D eigenvalue weighted by Gasteiger charge is -2.17. The van der Waals surface area contributed by atoms with Gasteiger partial charge in [-0.05, 0) is 36.4 Å². The van der Waals surface area contributed by atoms with E-state index in [4.69, 9.17) is 0 Å². The number of carbonyl (C=O) groups is 1. The molecule has 0 saturated heterocycles. The Balaban J connectivity index is 1.42. The average molecular weight is 454 g/mol. The number of nitrogens with one attached hydrogen (secondary N) is 2. The topological polar surface area (TPSA) is 127 Å². The van der Waals surface area contributed by atoms with Crippen molar-refractivity contribution in [2.24, 2.45) is 0 Å². The highest BCUT2D eigenvalue weighted by molar-refractivity contribution is 5.99. The smallest absolute Gasteiger partial charge is 0.290 e. The maximum atomic E-state index is 13.5. The number of hydrogen-bond donors (Lipinski definition) is 2. The molecular weight excluding hydrogens is 439 g/mol. The molecule has 1 aromatic carbocycles. The van der Waals surface area contributed by atoms with Crippen LogP contribution in [-0.2, 0) is 6.54 Å². The van der Waals surface area contributed by atoms with Crippen molar-refractivity contribution < 1.29 is 9.18 Å². The van der Waals surface area contributed by atoms with Crippen LogP contribution in [0.1, 0.15) is 5.56 Å². The van der Waals surface area contributed by atoms with E-state index in [2.05, 4.69) is 40.8 Å². The molecule has 4 aromatic heterocycles. The normalized spacial score (nSPS) is 12.4. The van der Waals surface area contributed by atoms with Gasteiger partial charge in [-0.25, -0.2) is 38.8 Å². The van der Waals surface area contributed by atoms with E-state index >= 15 is 0 Å². The number of nitrogens with zero attached hydrogens (tertiary/aromatic N) is 8. The molecule has 5 aromatic rings. The van der Waals surface area contributed by atoms with Crippen LogP contribution in [-0.4, -0.2) is 45.7 Å². The van der Waals surface area contributed by atoms with Crippen LogP contribution in [0.5, 0.6) is 0 Å². The van der Waals surface area contributed by atoms with Gasteiger partial charge in [0.25, 0.3) is 0 Å².